The van der Waals surface area contributed by atoms with Crippen LogP contribution in [-0.4, -0.2) is 89.2 Å². The van der Waals surface area contributed by atoms with Crippen molar-refractivity contribution in [1.82, 2.24) is 0 Å². The summed E-state index contributed by atoms with van der Waals surface area (Å²) in [6, 6.07) is 59.6. The van der Waals surface area contributed by atoms with Crippen molar-refractivity contribution >= 4 is 138 Å². The molecule has 8 aliphatic carbocycles. The van der Waals surface area contributed by atoms with Gasteiger partial charge in [-0.1, -0.05) is 148 Å². The fourth-order valence-corrected chi connectivity index (χ4v) is 22.6. The van der Waals surface area contributed by atoms with Crippen LogP contribution in [0, 0.1) is 71.0 Å². The molecule has 0 aromatic heterocycles. The maximum Gasteiger partial charge on any atom is 4.00 e. The molecule has 16 nitrogen and oxygen atoms in total. The summed E-state index contributed by atoms with van der Waals surface area (Å²) in [6.45, 7) is 18.4. The molecule has 109 heavy (non-hydrogen) atoms. The molecular weight excluding hydrogens is 1530 g/mol. The van der Waals surface area contributed by atoms with Gasteiger partial charge in [-0.05, 0) is 244 Å². The van der Waals surface area contributed by atoms with Crippen LogP contribution >= 0.6 is 47.0 Å². The predicted molar refractivity (Wildman–Crippen MR) is 421 cm³/mol. The topological polar surface area (TPSA) is 310 Å². The summed E-state index contributed by atoms with van der Waals surface area (Å²) < 4.78 is 0. The average Bonchev–Trinajstić information content (AvgIpc) is 1.66. The van der Waals surface area contributed by atoms with Crippen molar-refractivity contribution in [2.75, 3.05) is 0 Å². The van der Waals surface area contributed by atoms with Gasteiger partial charge in [-0.2, -0.15) is 0 Å². The van der Waals surface area contributed by atoms with Crippen molar-refractivity contribution in [2.45, 2.75) is 145 Å². The van der Waals surface area contributed by atoms with Gasteiger partial charge in [0.15, 0.2) is 0 Å². The normalized spacial score (nSPS) is 25.4. The van der Waals surface area contributed by atoms with Crippen molar-refractivity contribution in [3.8, 4) is 0 Å². The molecule has 16 rings (SSSR count). The van der Waals surface area contributed by atoms with Crippen molar-refractivity contribution in [1.29, 1.82) is 0 Å². The van der Waals surface area contributed by atoms with Gasteiger partial charge in [0.05, 0.1) is 0 Å². The number of carbonyl (C=O) groups excluding carboxylic acids is 4. The zero-order valence-electron chi connectivity index (χ0n) is 61.5. The Morgan fingerprint density at radius 3 is 0.596 bits per heavy atom. The van der Waals surface area contributed by atoms with Crippen molar-refractivity contribution in [3.05, 3.63) is 218 Å². The summed E-state index contributed by atoms with van der Waals surface area (Å²) in [4.78, 5) is 88.4. The van der Waals surface area contributed by atoms with Crippen molar-refractivity contribution < 1.29 is 105 Å². The van der Waals surface area contributed by atoms with E-state index in [-0.39, 0.29) is 72.2 Å². The Morgan fingerprint density at radius 1 is 0.284 bits per heavy atom. The minimum absolute atomic E-state index is 0. The molecule has 8 aromatic carbocycles. The number of hydrogen-bond acceptors (Lipinski definition) is 16. The number of rotatable bonds is 16. The van der Waals surface area contributed by atoms with E-state index < -0.39 is 47.8 Å². The molecule has 568 valence electrons. The van der Waals surface area contributed by atoms with Gasteiger partial charge in [0, 0.05) is 110 Å². The van der Waals surface area contributed by atoms with E-state index in [1.807, 2.05) is 47.0 Å². The Hall–Kier alpha value is -8.20. The second-order valence-electron chi connectivity index (χ2n) is 29.7. The van der Waals surface area contributed by atoms with Gasteiger partial charge in [-0.15, -0.1) is 47.0 Å². The Balaban J connectivity index is 0.000000166. The minimum atomic E-state index is -0.935. The van der Waals surface area contributed by atoms with Gasteiger partial charge in [-0.3, -0.25) is 0 Å². The van der Waals surface area contributed by atoms with Crippen LogP contribution in [-0.2, 0) is 64.6 Å². The summed E-state index contributed by atoms with van der Waals surface area (Å²) in [6.07, 6.45) is 12.3. The Kier molecular flexibility index (Phi) is 31.8. The van der Waals surface area contributed by atoms with Crippen LogP contribution in [0.2, 0.25) is 0 Å². The van der Waals surface area contributed by atoms with E-state index in [2.05, 4.69) is 196 Å². The molecule has 0 radical (unpaired) electrons. The van der Waals surface area contributed by atoms with Gasteiger partial charge in [0.25, 0.3) is 0 Å². The van der Waals surface area contributed by atoms with Crippen LogP contribution in [0.3, 0.4) is 0 Å². The smallest absolute Gasteiger partial charge is 0.550 e. The van der Waals surface area contributed by atoms with Crippen molar-refractivity contribution in [2.24, 2.45) is 71.0 Å². The number of thioether (sulfide) groups is 4. The molecule has 8 aromatic rings. The predicted octanol–water partition coefficient (Wildman–Crippen LogP) is 15.0. The third-order valence-corrected chi connectivity index (χ3v) is 27.2. The van der Waals surface area contributed by atoms with E-state index in [4.69, 9.17) is 20.4 Å². The van der Waals surface area contributed by atoms with E-state index in [1.165, 1.54) is 90.4 Å². The standard InChI is InChI=1S/4C18H18O2S.4C4H6O2.Zr/c4*19-18(20)16-8-11-7-15(16)17(9-11)21-14-6-5-12-3-1-2-4-13(12)10-14;4*1-3(2)4(5)6;/h4*1-6,10-11,15-17H,7-9H2,(H,19,20);4*1H2,2H3,(H,5,6);/q;;;;;;;;+4/p-4. The van der Waals surface area contributed by atoms with Crippen LogP contribution in [0.1, 0.15) is 105 Å². The number of carboxylic acid groups (broad SMARTS) is 8. The third-order valence-electron chi connectivity index (χ3n) is 21.7. The fraction of sp³-hybridized carbons (Fsp3) is 0.364. The summed E-state index contributed by atoms with van der Waals surface area (Å²) in [5, 5.41) is 88.3. The number of aliphatic carboxylic acids is 8. The molecule has 8 saturated carbocycles. The van der Waals surface area contributed by atoms with E-state index >= 15 is 0 Å². The quantitative estimate of drug-likeness (QED) is 0.0653. The third kappa shape index (κ3) is 23.9. The molecule has 16 atom stereocenters. The Labute approximate surface area is 672 Å². The molecule has 0 aliphatic heterocycles. The minimum Gasteiger partial charge on any atom is -0.550 e. The molecule has 16 unspecified atom stereocenters. The zero-order valence-corrected chi connectivity index (χ0v) is 67.3. The molecule has 0 saturated heterocycles. The molecule has 4 N–H and O–H groups in total. The number of fused-ring (bicyclic) bond motifs is 12. The van der Waals surface area contributed by atoms with Crippen LogP contribution in [0.5, 0.6) is 0 Å². The van der Waals surface area contributed by atoms with Crippen LogP contribution in [0.4, 0.5) is 0 Å². The summed E-state index contributed by atoms with van der Waals surface area (Å²) in [5.41, 5.74) is 0.704. The van der Waals surface area contributed by atoms with E-state index in [1.54, 1.807) is 0 Å². The largest absolute Gasteiger partial charge is 4.00 e. The SMILES string of the molecule is C=C(C)C(=O)O.C=C(C)C(=O)O.C=C(C)C(=O)O.C=C(C)C(=O)O.O=C([O-])C1CC2CC(Sc3ccc4ccccc4c3)C1C2.O=C([O-])C1CC2CC(Sc3ccc4ccccc4c3)C1C2.O=C([O-])C1CC2CC(Sc3ccc4ccccc4c3)C1C2.O=C([O-])C1CC2CC(Sc3ccc4ccccc4c3)C1C2.[Zr+4]. The number of carbonyl (C=O) groups is 8. The molecule has 0 spiro atoms. The van der Waals surface area contributed by atoms with E-state index in [0.717, 1.165) is 77.0 Å². The summed E-state index contributed by atoms with van der Waals surface area (Å²) >= 11 is 7.44. The fourth-order valence-electron chi connectivity index (χ4n) is 16.4. The van der Waals surface area contributed by atoms with Gasteiger partial charge < -0.3 is 60.0 Å². The van der Waals surface area contributed by atoms with Crippen LogP contribution < -0.4 is 20.4 Å². The zero-order chi connectivity index (χ0) is 78.2. The molecule has 8 aliphatic rings. The first-order chi connectivity index (χ1) is 51.4. The van der Waals surface area contributed by atoms with Gasteiger partial charge in [0.1, 0.15) is 0 Å². The van der Waals surface area contributed by atoms with Crippen LogP contribution in [0.25, 0.3) is 43.1 Å². The summed E-state index contributed by atoms with van der Waals surface area (Å²) in [5.74, 6) is -4.41. The molecule has 8 bridgehead atoms. The summed E-state index contributed by atoms with van der Waals surface area (Å²) in [7, 11) is 0. The second-order valence-corrected chi connectivity index (χ2v) is 34.9. The van der Waals surface area contributed by atoms with E-state index in [0.29, 0.717) is 68.3 Å². The average molecular weight is 1630 g/mol. The molecule has 8 fully saturated rings. The van der Waals surface area contributed by atoms with Gasteiger partial charge in [0.2, 0.25) is 0 Å². The maximum atomic E-state index is 11.2. The monoisotopic (exact) mass is 1620 g/mol. The Morgan fingerprint density at radius 2 is 0.450 bits per heavy atom. The maximum absolute atomic E-state index is 11.2. The second kappa shape index (κ2) is 40.1. The van der Waals surface area contributed by atoms with Gasteiger partial charge >= 0.3 is 50.1 Å². The molecule has 0 heterocycles. The first-order valence-corrected chi connectivity index (χ1v) is 39.9. The van der Waals surface area contributed by atoms with Crippen molar-refractivity contribution in [3.63, 3.8) is 0 Å². The first kappa shape index (κ1) is 86.4. The Bertz CT molecular complexity index is 4040. The van der Waals surface area contributed by atoms with Crippen LogP contribution in [0.15, 0.2) is 238 Å². The molecule has 0 amide bonds. The molecule has 21 heteroatoms. The number of benzene rings is 8. The molecular formula is C88H92O16S4Zr. The van der Waals surface area contributed by atoms with E-state index in [9.17, 15) is 58.8 Å². The number of hydrogen-bond donors (Lipinski definition) is 4. The van der Waals surface area contributed by atoms with Gasteiger partial charge in [-0.25, -0.2) is 19.2 Å². The number of carboxylic acids is 8. The first-order valence-electron chi connectivity index (χ1n) is 36.4.